The fourth-order valence-electron chi connectivity index (χ4n) is 1.43. The van der Waals surface area contributed by atoms with E-state index < -0.39 is 4.92 Å². The number of pyridine rings is 1. The van der Waals surface area contributed by atoms with Crippen molar-refractivity contribution in [3.05, 3.63) is 27.4 Å². The highest BCUT2D eigenvalue weighted by molar-refractivity contribution is 7.99. The SMILES string of the molecule is CSC(CO)C(C)Nc1cc([N+](=O)[O-])cc(Cl)n1. The zero-order valence-corrected chi connectivity index (χ0v) is 11.5. The summed E-state index contributed by atoms with van der Waals surface area (Å²) in [6.45, 7) is 1.88. The van der Waals surface area contributed by atoms with Gasteiger partial charge in [-0.15, -0.1) is 0 Å². The van der Waals surface area contributed by atoms with Gasteiger partial charge in [-0.05, 0) is 13.2 Å². The summed E-state index contributed by atoms with van der Waals surface area (Å²) in [4.78, 5) is 14.1. The lowest BCUT2D eigenvalue weighted by Gasteiger charge is -2.21. The van der Waals surface area contributed by atoms with Crippen LogP contribution in [-0.2, 0) is 0 Å². The van der Waals surface area contributed by atoms with E-state index in [-0.39, 0.29) is 28.7 Å². The van der Waals surface area contributed by atoms with Crippen LogP contribution in [0, 0.1) is 10.1 Å². The van der Waals surface area contributed by atoms with Gasteiger partial charge in [-0.1, -0.05) is 11.6 Å². The van der Waals surface area contributed by atoms with Gasteiger partial charge in [-0.25, -0.2) is 4.98 Å². The van der Waals surface area contributed by atoms with Crippen molar-refractivity contribution in [3.8, 4) is 0 Å². The van der Waals surface area contributed by atoms with Crippen molar-refractivity contribution in [2.24, 2.45) is 0 Å². The first-order valence-electron chi connectivity index (χ1n) is 5.20. The molecule has 0 aliphatic rings. The Labute approximate surface area is 114 Å². The average molecular weight is 292 g/mol. The molecule has 0 aliphatic carbocycles. The highest BCUT2D eigenvalue weighted by atomic mass is 35.5. The molecule has 0 radical (unpaired) electrons. The number of nitrogens with one attached hydrogen (secondary N) is 1. The lowest BCUT2D eigenvalue weighted by molar-refractivity contribution is -0.384. The van der Waals surface area contributed by atoms with Gasteiger partial charge in [0.25, 0.3) is 5.69 Å². The maximum atomic E-state index is 10.7. The smallest absolute Gasteiger partial charge is 0.276 e. The molecule has 0 aromatic carbocycles. The minimum absolute atomic E-state index is 0.0119. The quantitative estimate of drug-likeness (QED) is 0.474. The third-order valence-corrected chi connectivity index (χ3v) is 3.76. The molecule has 2 atom stereocenters. The number of nitrogens with zero attached hydrogens (tertiary/aromatic N) is 2. The second-order valence-electron chi connectivity index (χ2n) is 3.68. The molecule has 6 nitrogen and oxygen atoms in total. The highest BCUT2D eigenvalue weighted by Gasteiger charge is 2.17. The van der Waals surface area contributed by atoms with Crippen LogP contribution in [0.4, 0.5) is 11.5 Å². The number of aliphatic hydroxyl groups excluding tert-OH is 1. The van der Waals surface area contributed by atoms with Gasteiger partial charge in [0.1, 0.15) is 11.0 Å². The molecular formula is C10H14ClN3O3S. The summed E-state index contributed by atoms with van der Waals surface area (Å²) in [5.41, 5.74) is -0.116. The Hall–Kier alpha value is -1.05. The maximum Gasteiger partial charge on any atom is 0.276 e. The monoisotopic (exact) mass is 291 g/mol. The maximum absolute atomic E-state index is 10.7. The van der Waals surface area contributed by atoms with E-state index in [4.69, 9.17) is 16.7 Å². The summed E-state index contributed by atoms with van der Waals surface area (Å²) in [5.74, 6) is 0.328. The van der Waals surface area contributed by atoms with Gasteiger partial charge in [0.15, 0.2) is 0 Å². The van der Waals surface area contributed by atoms with Crippen LogP contribution in [0.15, 0.2) is 12.1 Å². The first-order valence-corrected chi connectivity index (χ1v) is 6.86. The largest absolute Gasteiger partial charge is 0.395 e. The lowest BCUT2D eigenvalue weighted by Crippen LogP contribution is -2.31. The number of halogens is 1. The summed E-state index contributed by atoms with van der Waals surface area (Å²) in [7, 11) is 0. The number of hydrogen-bond acceptors (Lipinski definition) is 6. The zero-order chi connectivity index (χ0) is 13.7. The third kappa shape index (κ3) is 4.01. The van der Waals surface area contributed by atoms with Gasteiger partial charge in [0, 0.05) is 11.3 Å². The highest BCUT2D eigenvalue weighted by Crippen LogP contribution is 2.22. The van der Waals surface area contributed by atoms with Crippen LogP contribution in [0.5, 0.6) is 0 Å². The van der Waals surface area contributed by atoms with E-state index in [9.17, 15) is 10.1 Å². The van der Waals surface area contributed by atoms with E-state index in [2.05, 4.69) is 10.3 Å². The molecule has 18 heavy (non-hydrogen) atoms. The predicted octanol–water partition coefficient (Wildman–Crippen LogP) is 2.17. The number of thioether (sulfide) groups is 1. The average Bonchev–Trinajstić information content (AvgIpc) is 2.29. The molecule has 2 unspecified atom stereocenters. The van der Waals surface area contributed by atoms with Gasteiger partial charge in [0.2, 0.25) is 0 Å². The zero-order valence-electron chi connectivity index (χ0n) is 9.96. The van der Waals surface area contributed by atoms with Gasteiger partial charge in [-0.3, -0.25) is 10.1 Å². The van der Waals surface area contributed by atoms with Crippen molar-refractivity contribution >= 4 is 34.9 Å². The molecule has 0 spiro atoms. The van der Waals surface area contributed by atoms with Crippen LogP contribution in [0.25, 0.3) is 0 Å². The van der Waals surface area contributed by atoms with Crippen molar-refractivity contribution in [1.29, 1.82) is 0 Å². The topological polar surface area (TPSA) is 88.3 Å². The minimum Gasteiger partial charge on any atom is -0.395 e. The molecule has 1 rings (SSSR count). The van der Waals surface area contributed by atoms with E-state index in [1.807, 2.05) is 13.2 Å². The molecule has 2 N–H and O–H groups in total. The second-order valence-corrected chi connectivity index (χ2v) is 5.14. The molecule has 8 heteroatoms. The van der Waals surface area contributed by atoms with Crippen molar-refractivity contribution in [1.82, 2.24) is 4.98 Å². The van der Waals surface area contributed by atoms with Crippen LogP contribution >= 0.6 is 23.4 Å². The molecule has 0 aliphatic heterocycles. The lowest BCUT2D eigenvalue weighted by atomic mass is 10.2. The Bertz CT molecular complexity index is 429. The van der Waals surface area contributed by atoms with E-state index in [0.717, 1.165) is 0 Å². The first-order chi connectivity index (χ1) is 8.47. The Morgan fingerprint density at radius 3 is 2.83 bits per heavy atom. The third-order valence-electron chi connectivity index (χ3n) is 2.41. The molecule has 0 fully saturated rings. The summed E-state index contributed by atoms with van der Waals surface area (Å²) in [5, 5.41) is 22.9. The number of rotatable bonds is 6. The molecule has 1 aromatic heterocycles. The normalized spacial score (nSPS) is 14.0. The molecule has 0 amide bonds. The van der Waals surface area contributed by atoms with Crippen molar-refractivity contribution in [3.63, 3.8) is 0 Å². The fourth-order valence-corrected chi connectivity index (χ4v) is 2.25. The van der Waals surface area contributed by atoms with Crippen molar-refractivity contribution in [2.75, 3.05) is 18.2 Å². The minimum atomic E-state index is -0.526. The summed E-state index contributed by atoms with van der Waals surface area (Å²) in [6, 6.07) is 2.42. The van der Waals surface area contributed by atoms with E-state index in [0.29, 0.717) is 5.82 Å². The van der Waals surface area contributed by atoms with Crippen molar-refractivity contribution < 1.29 is 10.0 Å². The van der Waals surface area contributed by atoms with Gasteiger partial charge in [0.05, 0.1) is 23.7 Å². The molecule has 1 aromatic rings. The Balaban J connectivity index is 2.87. The van der Waals surface area contributed by atoms with Gasteiger partial charge in [-0.2, -0.15) is 11.8 Å². The predicted molar refractivity (Wildman–Crippen MR) is 73.4 cm³/mol. The summed E-state index contributed by atoms with van der Waals surface area (Å²) in [6.07, 6.45) is 1.88. The number of anilines is 1. The standard InChI is InChI=1S/C10H14ClN3O3S/c1-6(8(5-15)18-2)12-10-4-7(14(16)17)3-9(11)13-10/h3-4,6,8,15H,5H2,1-2H3,(H,12,13). The molecule has 0 bridgehead atoms. The number of nitro groups is 1. The van der Waals surface area contributed by atoms with Crippen LogP contribution in [0.3, 0.4) is 0 Å². The summed E-state index contributed by atoms with van der Waals surface area (Å²) < 4.78 is 0. The molecule has 100 valence electrons. The Morgan fingerprint density at radius 1 is 1.67 bits per heavy atom. The molecule has 1 heterocycles. The molecular weight excluding hydrogens is 278 g/mol. The molecule has 0 saturated heterocycles. The van der Waals surface area contributed by atoms with Crippen LogP contribution in [0.1, 0.15) is 6.92 Å². The Kier molecular flexibility index (Phi) is 5.64. The van der Waals surface area contributed by atoms with Crippen LogP contribution in [-0.4, -0.2) is 39.2 Å². The van der Waals surface area contributed by atoms with E-state index >= 15 is 0 Å². The Morgan fingerprint density at radius 2 is 2.33 bits per heavy atom. The van der Waals surface area contributed by atoms with E-state index in [1.165, 1.54) is 23.9 Å². The fraction of sp³-hybridized carbons (Fsp3) is 0.500. The number of aliphatic hydroxyl groups is 1. The van der Waals surface area contributed by atoms with Crippen LogP contribution < -0.4 is 5.32 Å². The first kappa shape index (κ1) is 15.0. The van der Waals surface area contributed by atoms with E-state index in [1.54, 1.807) is 0 Å². The van der Waals surface area contributed by atoms with Crippen LogP contribution in [0.2, 0.25) is 5.15 Å². The number of aromatic nitrogens is 1. The van der Waals surface area contributed by atoms with Gasteiger partial charge < -0.3 is 10.4 Å². The van der Waals surface area contributed by atoms with Gasteiger partial charge >= 0.3 is 0 Å². The molecule has 0 saturated carbocycles. The summed E-state index contributed by atoms with van der Waals surface area (Å²) >= 11 is 7.22. The van der Waals surface area contributed by atoms with Crippen molar-refractivity contribution in [2.45, 2.75) is 18.2 Å². The number of hydrogen-bond donors (Lipinski definition) is 2. The second kappa shape index (κ2) is 6.77.